The molecule has 1 aromatic rings. The number of nitrogens with two attached hydrogens (primary N) is 1. The number of benzene rings is 1. The molecule has 15 heavy (non-hydrogen) atoms. The zero-order valence-corrected chi connectivity index (χ0v) is 8.37. The van der Waals surface area contributed by atoms with Crippen LogP contribution in [-0.2, 0) is 0 Å². The van der Waals surface area contributed by atoms with Gasteiger partial charge in [-0.05, 0) is 18.6 Å². The first-order chi connectivity index (χ1) is 7.18. The lowest BCUT2D eigenvalue weighted by Gasteiger charge is -2.20. The van der Waals surface area contributed by atoms with Crippen LogP contribution in [0.5, 0.6) is 0 Å². The summed E-state index contributed by atoms with van der Waals surface area (Å²) in [5, 5.41) is 0. The maximum absolute atomic E-state index is 12.5. The molecule has 0 spiro atoms. The predicted octanol–water partition coefficient (Wildman–Crippen LogP) is 2.36. The number of nitrogen functional groups attached to an aromatic ring is 1. The summed E-state index contributed by atoms with van der Waals surface area (Å²) in [6.45, 7) is 1.08. The molecule has 82 valence electrons. The molecule has 1 fully saturated rings. The molecule has 1 aliphatic rings. The summed E-state index contributed by atoms with van der Waals surface area (Å²) in [5.74, 6) is -0.510. The number of anilines is 2. The summed E-state index contributed by atoms with van der Waals surface area (Å²) in [5.41, 5.74) is 7.33. The largest absolute Gasteiger partial charge is 0.397 e. The third-order valence-electron chi connectivity index (χ3n) is 2.86. The van der Waals surface area contributed by atoms with E-state index in [9.17, 15) is 8.78 Å². The van der Waals surface area contributed by atoms with E-state index in [1.807, 2.05) is 23.1 Å². The van der Waals surface area contributed by atoms with E-state index < -0.39 is 12.3 Å². The first-order valence-electron chi connectivity index (χ1n) is 5.06. The number of hydrogen-bond acceptors (Lipinski definition) is 2. The van der Waals surface area contributed by atoms with Gasteiger partial charge in [-0.3, -0.25) is 0 Å². The zero-order chi connectivity index (χ0) is 10.8. The van der Waals surface area contributed by atoms with Gasteiger partial charge in [0.15, 0.2) is 0 Å². The van der Waals surface area contributed by atoms with Crippen LogP contribution in [0.2, 0.25) is 0 Å². The SMILES string of the molecule is Nc1ccccc1N1CC[C@H](C(F)F)C1. The smallest absolute Gasteiger partial charge is 0.243 e. The van der Waals surface area contributed by atoms with Gasteiger partial charge in [-0.15, -0.1) is 0 Å². The number of para-hydroxylation sites is 2. The lowest BCUT2D eigenvalue weighted by Crippen LogP contribution is -2.22. The monoisotopic (exact) mass is 212 g/mol. The maximum Gasteiger partial charge on any atom is 0.243 e. The molecule has 2 N–H and O–H groups in total. The Morgan fingerprint density at radius 3 is 2.67 bits per heavy atom. The molecular weight excluding hydrogens is 198 g/mol. The number of hydrogen-bond donors (Lipinski definition) is 1. The fourth-order valence-corrected chi connectivity index (χ4v) is 1.99. The van der Waals surface area contributed by atoms with Crippen molar-refractivity contribution >= 4 is 11.4 Å². The molecule has 0 radical (unpaired) electrons. The van der Waals surface area contributed by atoms with E-state index >= 15 is 0 Å². The predicted molar refractivity (Wildman–Crippen MR) is 57.2 cm³/mol. The molecule has 0 aliphatic carbocycles. The highest BCUT2D eigenvalue weighted by Crippen LogP contribution is 2.30. The van der Waals surface area contributed by atoms with Gasteiger partial charge in [0.1, 0.15) is 0 Å². The second kappa shape index (κ2) is 4.04. The van der Waals surface area contributed by atoms with Crippen molar-refractivity contribution in [2.75, 3.05) is 23.7 Å². The Balaban J connectivity index is 2.11. The van der Waals surface area contributed by atoms with Crippen LogP contribution in [0.25, 0.3) is 0 Å². The minimum Gasteiger partial charge on any atom is -0.397 e. The molecule has 1 aromatic carbocycles. The Hall–Kier alpha value is -1.32. The van der Waals surface area contributed by atoms with Gasteiger partial charge < -0.3 is 10.6 Å². The Kier molecular flexibility index (Phi) is 2.75. The molecule has 2 rings (SSSR count). The molecule has 1 atom stereocenters. The molecule has 0 aromatic heterocycles. The van der Waals surface area contributed by atoms with Crippen molar-refractivity contribution in [2.24, 2.45) is 5.92 Å². The number of halogens is 2. The normalized spacial score (nSPS) is 21.3. The first-order valence-corrected chi connectivity index (χ1v) is 5.06. The minimum atomic E-state index is -2.22. The molecule has 1 heterocycles. The highest BCUT2D eigenvalue weighted by atomic mass is 19.3. The topological polar surface area (TPSA) is 29.3 Å². The van der Waals surface area contributed by atoms with Crippen molar-refractivity contribution in [1.29, 1.82) is 0 Å². The molecule has 4 heteroatoms. The lowest BCUT2D eigenvalue weighted by atomic mass is 10.1. The van der Waals surface area contributed by atoms with E-state index in [4.69, 9.17) is 5.73 Å². The van der Waals surface area contributed by atoms with Crippen molar-refractivity contribution in [2.45, 2.75) is 12.8 Å². The van der Waals surface area contributed by atoms with Gasteiger partial charge in [0.25, 0.3) is 0 Å². The highest BCUT2D eigenvalue weighted by Gasteiger charge is 2.30. The summed E-state index contributed by atoms with van der Waals surface area (Å²) in [6.07, 6.45) is -1.67. The van der Waals surface area contributed by atoms with Gasteiger partial charge in [-0.2, -0.15) is 0 Å². The van der Waals surface area contributed by atoms with Crippen LogP contribution >= 0.6 is 0 Å². The van der Waals surface area contributed by atoms with E-state index in [1.165, 1.54) is 0 Å². The third-order valence-corrected chi connectivity index (χ3v) is 2.86. The summed E-state index contributed by atoms with van der Waals surface area (Å²) >= 11 is 0. The van der Waals surface area contributed by atoms with Crippen LogP contribution in [0.4, 0.5) is 20.2 Å². The van der Waals surface area contributed by atoms with Crippen molar-refractivity contribution < 1.29 is 8.78 Å². The van der Waals surface area contributed by atoms with E-state index in [0.29, 0.717) is 25.2 Å². The first kappa shape index (κ1) is 10.2. The Morgan fingerprint density at radius 2 is 2.07 bits per heavy atom. The minimum absolute atomic E-state index is 0.409. The van der Waals surface area contributed by atoms with Crippen LogP contribution in [0.15, 0.2) is 24.3 Å². The fourth-order valence-electron chi connectivity index (χ4n) is 1.99. The molecule has 0 unspecified atom stereocenters. The standard InChI is InChI=1S/C11H14F2N2/c12-11(13)8-5-6-15(7-8)10-4-2-1-3-9(10)14/h1-4,8,11H,5-7,14H2/t8-/m0/s1. The number of rotatable bonds is 2. The average molecular weight is 212 g/mol. The van der Waals surface area contributed by atoms with Crippen LogP contribution in [0.1, 0.15) is 6.42 Å². The van der Waals surface area contributed by atoms with Crippen LogP contribution in [0.3, 0.4) is 0 Å². The second-order valence-electron chi connectivity index (χ2n) is 3.89. The second-order valence-corrected chi connectivity index (χ2v) is 3.89. The maximum atomic E-state index is 12.5. The van der Waals surface area contributed by atoms with Crippen LogP contribution in [0, 0.1) is 5.92 Å². The van der Waals surface area contributed by atoms with Crippen LogP contribution < -0.4 is 10.6 Å². The molecule has 0 amide bonds. The molecule has 0 bridgehead atoms. The van der Waals surface area contributed by atoms with E-state index in [1.54, 1.807) is 6.07 Å². The van der Waals surface area contributed by atoms with Crippen molar-refractivity contribution in [1.82, 2.24) is 0 Å². The summed E-state index contributed by atoms with van der Waals surface area (Å²) in [4.78, 5) is 1.94. The summed E-state index contributed by atoms with van der Waals surface area (Å²) < 4.78 is 24.9. The van der Waals surface area contributed by atoms with Gasteiger partial charge in [-0.25, -0.2) is 8.78 Å². The molecule has 0 saturated carbocycles. The molecular formula is C11H14F2N2. The van der Waals surface area contributed by atoms with Gasteiger partial charge >= 0.3 is 0 Å². The Morgan fingerprint density at radius 1 is 1.33 bits per heavy atom. The van der Waals surface area contributed by atoms with Gasteiger partial charge in [0.05, 0.1) is 11.4 Å². The number of alkyl halides is 2. The Labute approximate surface area is 87.7 Å². The van der Waals surface area contributed by atoms with Gasteiger partial charge in [0.2, 0.25) is 6.43 Å². The summed E-state index contributed by atoms with van der Waals surface area (Å²) in [7, 11) is 0. The molecule has 1 aliphatic heterocycles. The van der Waals surface area contributed by atoms with Crippen molar-refractivity contribution in [3.05, 3.63) is 24.3 Å². The van der Waals surface area contributed by atoms with Crippen molar-refractivity contribution in [3.8, 4) is 0 Å². The lowest BCUT2D eigenvalue weighted by molar-refractivity contribution is 0.0880. The highest BCUT2D eigenvalue weighted by molar-refractivity contribution is 5.67. The van der Waals surface area contributed by atoms with E-state index in [-0.39, 0.29) is 0 Å². The quantitative estimate of drug-likeness (QED) is 0.762. The van der Waals surface area contributed by atoms with Gasteiger partial charge in [0, 0.05) is 19.0 Å². The fraction of sp³-hybridized carbons (Fsp3) is 0.455. The molecule has 1 saturated heterocycles. The van der Waals surface area contributed by atoms with Crippen LogP contribution in [-0.4, -0.2) is 19.5 Å². The third kappa shape index (κ3) is 2.03. The van der Waals surface area contributed by atoms with E-state index in [0.717, 1.165) is 5.69 Å². The Bertz CT molecular complexity index is 341. The van der Waals surface area contributed by atoms with Crippen molar-refractivity contribution in [3.63, 3.8) is 0 Å². The zero-order valence-electron chi connectivity index (χ0n) is 8.37. The molecule has 2 nitrogen and oxygen atoms in total. The van der Waals surface area contributed by atoms with Gasteiger partial charge in [-0.1, -0.05) is 12.1 Å². The number of nitrogens with zero attached hydrogens (tertiary/aromatic N) is 1. The average Bonchev–Trinajstić information content (AvgIpc) is 2.67. The summed E-state index contributed by atoms with van der Waals surface area (Å²) in [6, 6.07) is 7.40. The van der Waals surface area contributed by atoms with E-state index in [2.05, 4.69) is 0 Å².